The Morgan fingerprint density at radius 2 is 1.56 bits per heavy atom. The first-order valence-corrected chi connectivity index (χ1v) is 12.2. The largest absolute Gasteiger partial charge is 0.299 e. The maximum atomic E-state index is 2.76. The molecule has 5 heteroatoms. The molecule has 3 fully saturated rings. The molecule has 0 unspecified atom stereocenters. The molecule has 0 atom stereocenters. The third kappa shape index (κ3) is 5.23. The monoisotopic (exact) mass is 379 g/mol. The molecule has 0 N–H and O–H groups in total. The number of rotatable bonds is 5. The van der Waals surface area contributed by atoms with Gasteiger partial charge in [-0.25, -0.2) is 0 Å². The van der Waals surface area contributed by atoms with E-state index in [2.05, 4.69) is 37.9 Å². The molecule has 3 saturated heterocycles. The third-order valence-corrected chi connectivity index (χ3v) is 7.97. The van der Waals surface area contributed by atoms with Gasteiger partial charge in [0.1, 0.15) is 0 Å². The molecule has 0 aliphatic carbocycles. The van der Waals surface area contributed by atoms with Gasteiger partial charge < -0.3 is 0 Å². The van der Waals surface area contributed by atoms with Crippen molar-refractivity contribution in [2.24, 2.45) is 0 Å². The van der Waals surface area contributed by atoms with E-state index in [9.17, 15) is 0 Å². The Balaban J connectivity index is 1.22. The lowest BCUT2D eigenvalue weighted by Gasteiger charge is -2.40. The van der Waals surface area contributed by atoms with Crippen LogP contribution in [0.1, 0.15) is 42.5 Å². The van der Waals surface area contributed by atoms with Crippen molar-refractivity contribution in [3.05, 3.63) is 21.9 Å². The fourth-order valence-corrected chi connectivity index (χ4v) is 6.43. The molecule has 1 aromatic heterocycles. The van der Waals surface area contributed by atoms with Gasteiger partial charge in [-0.05, 0) is 55.8 Å². The van der Waals surface area contributed by atoms with Crippen LogP contribution >= 0.6 is 23.1 Å². The smallest absolute Gasteiger partial charge is 0.0328 e. The van der Waals surface area contributed by atoms with Crippen molar-refractivity contribution in [1.82, 2.24) is 14.7 Å². The summed E-state index contributed by atoms with van der Waals surface area (Å²) in [6, 6.07) is 3.34. The molecule has 140 valence electrons. The number of likely N-dealkylation sites (tertiary alicyclic amines) is 2. The number of nitrogens with zero attached hydrogens (tertiary/aromatic N) is 3. The first-order chi connectivity index (χ1) is 12.4. The molecule has 4 rings (SSSR count). The minimum atomic E-state index is 0.857. The molecular formula is C20H33N3S2. The zero-order chi connectivity index (χ0) is 16.9. The van der Waals surface area contributed by atoms with Gasteiger partial charge in [0.25, 0.3) is 0 Å². The number of piperidine rings is 2. The summed E-state index contributed by atoms with van der Waals surface area (Å²) in [5, 5.41) is 2.40. The minimum Gasteiger partial charge on any atom is -0.299 e. The Hall–Kier alpha value is -0.0700. The Bertz CT molecular complexity index is 513. The molecule has 0 bridgehead atoms. The van der Waals surface area contributed by atoms with Crippen LogP contribution in [0.5, 0.6) is 0 Å². The van der Waals surface area contributed by atoms with Crippen LogP contribution in [-0.2, 0) is 13.1 Å². The second-order valence-corrected chi connectivity index (χ2v) is 10.1. The Kier molecular flexibility index (Phi) is 6.75. The van der Waals surface area contributed by atoms with Crippen molar-refractivity contribution in [3.63, 3.8) is 0 Å². The fraction of sp³-hybridized carbons (Fsp3) is 0.800. The molecule has 25 heavy (non-hydrogen) atoms. The van der Waals surface area contributed by atoms with Crippen LogP contribution in [0.3, 0.4) is 0 Å². The molecule has 0 radical (unpaired) electrons. The van der Waals surface area contributed by atoms with Gasteiger partial charge in [0.2, 0.25) is 0 Å². The van der Waals surface area contributed by atoms with E-state index < -0.39 is 0 Å². The maximum Gasteiger partial charge on any atom is 0.0328 e. The van der Waals surface area contributed by atoms with Crippen LogP contribution in [0.2, 0.25) is 0 Å². The normalized spacial score (nSPS) is 25.4. The Morgan fingerprint density at radius 3 is 2.32 bits per heavy atom. The molecule has 0 aromatic carbocycles. The van der Waals surface area contributed by atoms with E-state index in [0.717, 1.165) is 6.04 Å². The molecule has 1 aromatic rings. The summed E-state index contributed by atoms with van der Waals surface area (Å²) in [4.78, 5) is 9.65. The first-order valence-electron chi connectivity index (χ1n) is 10.2. The highest BCUT2D eigenvalue weighted by atomic mass is 32.2. The van der Waals surface area contributed by atoms with E-state index >= 15 is 0 Å². The number of thioether (sulfide) groups is 1. The summed E-state index contributed by atoms with van der Waals surface area (Å²) in [6.45, 7) is 10.2. The van der Waals surface area contributed by atoms with Gasteiger partial charge >= 0.3 is 0 Å². The summed E-state index contributed by atoms with van der Waals surface area (Å²) in [5.74, 6) is 2.68. The number of hydrogen-bond acceptors (Lipinski definition) is 5. The first kappa shape index (κ1) is 18.3. The molecular weight excluding hydrogens is 346 g/mol. The lowest BCUT2D eigenvalue weighted by molar-refractivity contribution is 0.113. The van der Waals surface area contributed by atoms with Gasteiger partial charge in [-0.1, -0.05) is 6.42 Å². The van der Waals surface area contributed by atoms with Crippen LogP contribution in [0.25, 0.3) is 0 Å². The lowest BCUT2D eigenvalue weighted by atomic mass is 10.0. The fourth-order valence-electron chi connectivity index (χ4n) is 4.57. The van der Waals surface area contributed by atoms with Gasteiger partial charge in [-0.15, -0.1) is 11.3 Å². The Morgan fingerprint density at radius 1 is 0.840 bits per heavy atom. The summed E-state index contributed by atoms with van der Waals surface area (Å²) in [6.07, 6.45) is 6.95. The predicted molar refractivity (Wildman–Crippen MR) is 111 cm³/mol. The van der Waals surface area contributed by atoms with Crippen LogP contribution < -0.4 is 0 Å². The zero-order valence-electron chi connectivity index (χ0n) is 15.5. The van der Waals surface area contributed by atoms with Crippen molar-refractivity contribution in [3.8, 4) is 0 Å². The van der Waals surface area contributed by atoms with Gasteiger partial charge in [-0.2, -0.15) is 11.8 Å². The van der Waals surface area contributed by atoms with E-state index in [1.807, 2.05) is 11.3 Å². The average Bonchev–Trinajstić information content (AvgIpc) is 3.11. The third-order valence-electron chi connectivity index (χ3n) is 6.06. The van der Waals surface area contributed by atoms with Crippen molar-refractivity contribution in [1.29, 1.82) is 0 Å². The molecule has 3 aliphatic heterocycles. The van der Waals surface area contributed by atoms with Crippen LogP contribution in [0, 0.1) is 0 Å². The summed E-state index contributed by atoms with van der Waals surface area (Å²) in [5.41, 5.74) is 1.54. The standard InChI is InChI=1S/C20H33N3S2/c1-2-6-21(7-3-1)15-18-14-20(25-17-18)16-22-8-4-19(5-9-22)23-10-12-24-13-11-23/h14,17,19H,1-13,15-16H2. The molecule has 0 amide bonds. The van der Waals surface area contributed by atoms with E-state index in [-0.39, 0.29) is 0 Å². The van der Waals surface area contributed by atoms with Crippen molar-refractivity contribution in [2.75, 3.05) is 50.8 Å². The maximum absolute atomic E-state index is 2.76. The topological polar surface area (TPSA) is 9.72 Å². The van der Waals surface area contributed by atoms with Gasteiger partial charge in [0, 0.05) is 61.7 Å². The van der Waals surface area contributed by atoms with Gasteiger partial charge in [-0.3, -0.25) is 14.7 Å². The molecule has 3 aliphatic rings. The summed E-state index contributed by atoms with van der Waals surface area (Å²) >= 11 is 4.10. The van der Waals surface area contributed by atoms with Crippen molar-refractivity contribution < 1.29 is 0 Å². The molecule has 3 nitrogen and oxygen atoms in total. The zero-order valence-corrected chi connectivity index (χ0v) is 17.1. The second-order valence-electron chi connectivity index (χ2n) is 7.91. The van der Waals surface area contributed by atoms with Crippen LogP contribution in [0.15, 0.2) is 11.4 Å². The van der Waals surface area contributed by atoms with E-state index in [4.69, 9.17) is 0 Å². The van der Waals surface area contributed by atoms with Crippen molar-refractivity contribution >= 4 is 23.1 Å². The van der Waals surface area contributed by atoms with E-state index in [0.29, 0.717) is 0 Å². The number of thiophene rings is 1. The SMILES string of the molecule is c1sc(CN2CCC(N3CCSCC3)CC2)cc1CN1CCCCC1. The predicted octanol–water partition coefficient (Wildman–Crippen LogP) is 3.75. The molecule has 0 spiro atoms. The van der Waals surface area contributed by atoms with Gasteiger partial charge in [0.05, 0.1) is 0 Å². The average molecular weight is 380 g/mol. The minimum absolute atomic E-state index is 0.857. The van der Waals surface area contributed by atoms with Crippen LogP contribution in [-0.4, -0.2) is 71.5 Å². The lowest BCUT2D eigenvalue weighted by Crippen LogP contribution is -2.47. The van der Waals surface area contributed by atoms with Crippen LogP contribution in [0.4, 0.5) is 0 Å². The van der Waals surface area contributed by atoms with Gasteiger partial charge in [0.15, 0.2) is 0 Å². The van der Waals surface area contributed by atoms with E-state index in [1.165, 1.54) is 96.0 Å². The molecule has 4 heterocycles. The second kappa shape index (κ2) is 9.23. The van der Waals surface area contributed by atoms with Crippen molar-refractivity contribution in [2.45, 2.75) is 51.2 Å². The molecule has 0 saturated carbocycles. The quantitative estimate of drug-likeness (QED) is 0.770. The Labute approximate surface area is 161 Å². The highest BCUT2D eigenvalue weighted by Crippen LogP contribution is 2.24. The highest BCUT2D eigenvalue weighted by molar-refractivity contribution is 7.99. The number of hydrogen-bond donors (Lipinski definition) is 0. The van der Waals surface area contributed by atoms with E-state index in [1.54, 1.807) is 10.4 Å². The summed E-state index contributed by atoms with van der Waals surface area (Å²) in [7, 11) is 0. The highest BCUT2D eigenvalue weighted by Gasteiger charge is 2.25. The summed E-state index contributed by atoms with van der Waals surface area (Å²) < 4.78 is 0.